The van der Waals surface area contributed by atoms with Gasteiger partial charge in [0.15, 0.2) is 0 Å². The van der Waals surface area contributed by atoms with Gasteiger partial charge in [0, 0.05) is 40.5 Å². The van der Waals surface area contributed by atoms with E-state index < -0.39 is 0 Å². The minimum Gasteiger partial charge on any atom is -0.501 e. The van der Waals surface area contributed by atoms with E-state index in [9.17, 15) is 9.59 Å². The zero-order chi connectivity index (χ0) is 30.5. The second kappa shape index (κ2) is 11.2. The number of hydrogen-bond acceptors (Lipinski definition) is 4. The molecule has 2 saturated carbocycles. The molecule has 1 heterocycles. The third kappa shape index (κ3) is 5.27. The number of esters is 1. The molecule has 1 amide bonds. The predicted octanol–water partition coefficient (Wildman–Crippen LogP) is 8.49. The first-order chi connectivity index (χ1) is 20.6. The summed E-state index contributed by atoms with van der Waals surface area (Å²) >= 11 is 0. The number of hydrogen-bond donors (Lipinski definition) is 1. The van der Waals surface area contributed by atoms with Crippen molar-refractivity contribution in [2.45, 2.75) is 84.6 Å². The van der Waals surface area contributed by atoms with E-state index in [2.05, 4.69) is 74.0 Å². The van der Waals surface area contributed by atoms with Crippen molar-refractivity contribution in [1.29, 1.82) is 0 Å². The highest BCUT2D eigenvalue weighted by Gasteiger charge is 2.60. The Labute approximate surface area is 255 Å². The van der Waals surface area contributed by atoms with Crippen LogP contribution in [0.4, 0.5) is 5.69 Å². The molecule has 228 valence electrons. The van der Waals surface area contributed by atoms with E-state index in [1.165, 1.54) is 12.7 Å². The van der Waals surface area contributed by atoms with Gasteiger partial charge in [-0.1, -0.05) is 64.8 Å². The van der Waals surface area contributed by atoms with Gasteiger partial charge in [0.25, 0.3) is 0 Å². The lowest BCUT2D eigenvalue weighted by molar-refractivity contribution is -0.119. The maximum Gasteiger partial charge on any atom is 0.355 e. The monoisotopic (exact) mass is 582 g/mol. The molecule has 0 aliphatic heterocycles. The van der Waals surface area contributed by atoms with Crippen LogP contribution < -0.4 is 5.32 Å². The van der Waals surface area contributed by atoms with Crippen LogP contribution >= 0.6 is 0 Å². The number of carbonyl (C=O) groups is 2. The van der Waals surface area contributed by atoms with Crippen molar-refractivity contribution in [3.8, 4) is 11.1 Å². The van der Waals surface area contributed by atoms with E-state index in [-0.39, 0.29) is 28.6 Å². The van der Waals surface area contributed by atoms with Gasteiger partial charge in [-0.25, -0.2) is 4.79 Å². The molecule has 0 radical (unpaired) electrons. The quantitative estimate of drug-likeness (QED) is 0.271. The molecule has 0 saturated heterocycles. The van der Waals surface area contributed by atoms with Crippen LogP contribution in [0.15, 0.2) is 54.3 Å². The van der Waals surface area contributed by atoms with E-state index in [0.717, 1.165) is 78.4 Å². The summed E-state index contributed by atoms with van der Waals surface area (Å²) in [6, 6.07) is 14.6. The van der Waals surface area contributed by atoms with Crippen LogP contribution in [0.25, 0.3) is 22.0 Å². The molecular formula is C37H46N2O4. The van der Waals surface area contributed by atoms with Crippen LogP contribution in [-0.2, 0) is 26.2 Å². The zero-order valence-electron chi connectivity index (χ0n) is 26.6. The summed E-state index contributed by atoms with van der Waals surface area (Å²) in [5.74, 6) is 1.94. The van der Waals surface area contributed by atoms with Gasteiger partial charge in [-0.2, -0.15) is 0 Å². The van der Waals surface area contributed by atoms with Gasteiger partial charge < -0.3 is 19.4 Å². The van der Waals surface area contributed by atoms with Crippen molar-refractivity contribution >= 4 is 28.5 Å². The van der Waals surface area contributed by atoms with Crippen LogP contribution in [-0.4, -0.2) is 30.7 Å². The highest BCUT2D eigenvalue weighted by atomic mass is 16.5. The van der Waals surface area contributed by atoms with Gasteiger partial charge in [-0.05, 0) is 84.3 Å². The number of fused-ring (bicyclic) bond motifs is 2. The number of amides is 1. The lowest BCUT2D eigenvalue weighted by Crippen LogP contribution is -2.23. The van der Waals surface area contributed by atoms with E-state index in [4.69, 9.17) is 9.47 Å². The largest absolute Gasteiger partial charge is 0.501 e. The summed E-state index contributed by atoms with van der Waals surface area (Å²) in [4.78, 5) is 26.7. The fourth-order valence-corrected chi connectivity index (χ4v) is 7.82. The van der Waals surface area contributed by atoms with Crippen molar-refractivity contribution in [2.75, 3.05) is 19.5 Å². The number of benzene rings is 2. The average molecular weight is 583 g/mol. The van der Waals surface area contributed by atoms with Crippen molar-refractivity contribution in [3.05, 3.63) is 65.6 Å². The number of aromatic nitrogens is 1. The van der Waals surface area contributed by atoms with E-state index in [1.54, 1.807) is 7.11 Å². The third-order valence-corrected chi connectivity index (χ3v) is 10.6. The number of aryl methyl sites for hydroxylation is 1. The second-order valence-electron chi connectivity index (χ2n) is 14.1. The Morgan fingerprint density at radius 3 is 2.42 bits per heavy atom. The minimum atomic E-state index is -0.346. The fourth-order valence-electron chi connectivity index (χ4n) is 7.82. The van der Waals surface area contributed by atoms with Crippen molar-refractivity contribution in [1.82, 2.24) is 4.57 Å². The predicted molar refractivity (Wildman–Crippen MR) is 172 cm³/mol. The smallest absolute Gasteiger partial charge is 0.355 e. The number of methoxy groups -OCH3 is 2. The lowest BCUT2D eigenvalue weighted by Gasteiger charge is -2.29. The molecular weight excluding hydrogens is 536 g/mol. The maximum absolute atomic E-state index is 13.6. The maximum atomic E-state index is 13.6. The Balaban J connectivity index is 1.45. The highest BCUT2D eigenvalue weighted by Crippen LogP contribution is 2.66. The van der Waals surface area contributed by atoms with Crippen molar-refractivity contribution in [3.63, 3.8) is 0 Å². The van der Waals surface area contributed by atoms with Crippen molar-refractivity contribution in [2.24, 2.45) is 23.2 Å². The number of rotatable bonds is 8. The van der Waals surface area contributed by atoms with Crippen LogP contribution in [0.1, 0.15) is 88.7 Å². The lowest BCUT2D eigenvalue weighted by atomic mass is 9.79. The number of carbonyl (C=O) groups excluding carboxylic acids is 2. The summed E-state index contributed by atoms with van der Waals surface area (Å²) in [5, 5.41) is 4.14. The van der Waals surface area contributed by atoms with Crippen LogP contribution in [0.5, 0.6) is 0 Å². The molecule has 6 nitrogen and oxygen atoms in total. The number of allylic oxidation sites excluding steroid dienone is 2. The molecule has 3 aliphatic rings. The highest BCUT2D eigenvalue weighted by molar-refractivity contribution is 6.10. The van der Waals surface area contributed by atoms with Gasteiger partial charge in [0.05, 0.1) is 20.0 Å². The van der Waals surface area contributed by atoms with Crippen LogP contribution in [0.3, 0.4) is 0 Å². The fraction of sp³-hybridized carbons (Fsp3) is 0.514. The summed E-state index contributed by atoms with van der Waals surface area (Å²) in [7, 11) is 3.23. The van der Waals surface area contributed by atoms with E-state index in [1.807, 2.05) is 12.1 Å². The van der Waals surface area contributed by atoms with Crippen LogP contribution in [0.2, 0.25) is 0 Å². The summed E-state index contributed by atoms with van der Waals surface area (Å²) in [5.41, 5.74) is 5.58. The molecule has 3 aliphatic carbocycles. The molecule has 43 heavy (non-hydrogen) atoms. The molecule has 0 bridgehead atoms. The van der Waals surface area contributed by atoms with E-state index in [0.29, 0.717) is 24.1 Å². The number of ether oxygens (including phenoxy) is 2. The van der Waals surface area contributed by atoms with Gasteiger partial charge in [-0.3, -0.25) is 4.79 Å². The molecule has 6 rings (SSSR count). The Kier molecular flexibility index (Phi) is 7.68. The zero-order valence-corrected chi connectivity index (χ0v) is 26.6. The summed E-state index contributed by atoms with van der Waals surface area (Å²) < 4.78 is 13.3. The van der Waals surface area contributed by atoms with Crippen molar-refractivity contribution < 1.29 is 19.1 Å². The molecule has 3 aromatic rings. The van der Waals surface area contributed by atoms with Gasteiger partial charge in [-0.15, -0.1) is 0 Å². The van der Waals surface area contributed by atoms with Gasteiger partial charge in [0.2, 0.25) is 5.91 Å². The molecule has 2 fully saturated rings. The number of anilines is 1. The molecule has 6 heteroatoms. The van der Waals surface area contributed by atoms with Gasteiger partial charge in [0.1, 0.15) is 5.69 Å². The minimum absolute atomic E-state index is 0.0156. The Morgan fingerprint density at radius 1 is 1.05 bits per heavy atom. The summed E-state index contributed by atoms with van der Waals surface area (Å²) in [6.45, 7) is 9.65. The normalized spacial score (nSPS) is 23.5. The van der Waals surface area contributed by atoms with Gasteiger partial charge >= 0.3 is 5.97 Å². The average Bonchev–Trinajstić information content (AvgIpc) is 3.34. The van der Waals surface area contributed by atoms with Crippen LogP contribution in [0, 0.1) is 23.2 Å². The SMILES string of the molecule is COC(=O)c1c(-c2ccc(C(C)(C)C)cc2)c2cc(NC(=O)C3CCCC3)ccc2n1CCC12CC1C(OC)=CCC2C. The second-order valence-corrected chi connectivity index (χ2v) is 14.1. The first-order valence-electron chi connectivity index (χ1n) is 16.0. The Morgan fingerprint density at radius 2 is 1.77 bits per heavy atom. The molecule has 1 N–H and O–H groups in total. The standard InChI is InChI=1S/C37H46N2O4/c1-23-11-18-31(42-5)29-22-37(23,29)19-20-39-30-17-16-27(38-34(40)25-9-7-8-10-25)21-28(30)32(33(39)35(41)43-6)24-12-14-26(15-13-24)36(2,3)4/h12-18,21,23,25,29H,7-11,19-20,22H2,1-6H3,(H,38,40). The van der Waals surface area contributed by atoms with E-state index >= 15 is 0 Å². The molecule has 2 aromatic carbocycles. The summed E-state index contributed by atoms with van der Waals surface area (Å²) in [6.07, 6.45) is 9.47. The third-order valence-electron chi connectivity index (χ3n) is 10.6. The molecule has 0 spiro atoms. The Hall–Kier alpha value is -3.54. The topological polar surface area (TPSA) is 69.6 Å². The number of nitrogens with zero attached hydrogens (tertiary/aromatic N) is 1. The number of nitrogens with one attached hydrogen (secondary N) is 1. The Bertz CT molecular complexity index is 1570. The molecule has 1 aromatic heterocycles. The molecule has 3 unspecified atom stereocenters. The molecule has 3 atom stereocenters. The first kappa shape index (κ1) is 29.5. The first-order valence-corrected chi connectivity index (χ1v) is 16.0.